The molecule has 1 amide bonds. The van der Waals surface area contributed by atoms with Crippen LogP contribution in [0.5, 0.6) is 0 Å². The number of hydrogen-bond acceptors (Lipinski definition) is 5. The number of nitrogens with one attached hydrogen (secondary N) is 1. The first-order valence-corrected chi connectivity index (χ1v) is 12.7. The van der Waals surface area contributed by atoms with E-state index in [1.165, 1.54) is 35.3 Å². The Morgan fingerprint density at radius 3 is 2.60 bits per heavy atom. The molecule has 30 heavy (non-hydrogen) atoms. The molecule has 0 fully saturated rings. The predicted molar refractivity (Wildman–Crippen MR) is 121 cm³/mol. The SMILES string of the molecule is O=C(CCCS(=O)(=O)c1ccccc1)Nc1nc(-c2ccc3c(c2)CCCC3)cs1. The summed E-state index contributed by atoms with van der Waals surface area (Å²) in [6.07, 6.45) is 5.16. The van der Waals surface area contributed by atoms with Crippen LogP contribution >= 0.6 is 11.3 Å². The van der Waals surface area contributed by atoms with E-state index in [9.17, 15) is 13.2 Å². The number of sulfone groups is 1. The second kappa shape index (κ2) is 9.10. The molecule has 1 aliphatic carbocycles. The predicted octanol–water partition coefficient (Wildman–Crippen LogP) is 4.88. The highest BCUT2D eigenvalue weighted by atomic mass is 32.2. The van der Waals surface area contributed by atoms with Crippen molar-refractivity contribution in [1.82, 2.24) is 4.98 Å². The fourth-order valence-corrected chi connectivity index (χ4v) is 5.77. The summed E-state index contributed by atoms with van der Waals surface area (Å²) >= 11 is 1.38. The molecule has 0 spiro atoms. The second-order valence-electron chi connectivity index (χ2n) is 7.51. The van der Waals surface area contributed by atoms with E-state index in [1.807, 2.05) is 5.38 Å². The molecule has 0 saturated heterocycles. The van der Waals surface area contributed by atoms with Gasteiger partial charge in [0.15, 0.2) is 15.0 Å². The number of anilines is 1. The first-order valence-electron chi connectivity index (χ1n) is 10.2. The number of aromatic nitrogens is 1. The van der Waals surface area contributed by atoms with Crippen molar-refractivity contribution in [3.8, 4) is 11.3 Å². The summed E-state index contributed by atoms with van der Waals surface area (Å²) in [4.78, 5) is 17.1. The molecule has 0 atom stereocenters. The van der Waals surface area contributed by atoms with Crippen LogP contribution in [0.2, 0.25) is 0 Å². The minimum absolute atomic E-state index is 0.0529. The Kier molecular flexibility index (Phi) is 6.29. The zero-order valence-corrected chi connectivity index (χ0v) is 18.3. The van der Waals surface area contributed by atoms with Crippen LogP contribution < -0.4 is 5.32 Å². The Morgan fingerprint density at radius 1 is 1.03 bits per heavy atom. The summed E-state index contributed by atoms with van der Waals surface area (Å²) in [5, 5.41) is 5.28. The molecule has 4 rings (SSSR count). The first kappa shape index (κ1) is 20.8. The number of nitrogens with zero attached hydrogens (tertiary/aromatic N) is 1. The maximum Gasteiger partial charge on any atom is 0.226 e. The van der Waals surface area contributed by atoms with E-state index in [2.05, 4.69) is 28.5 Å². The molecule has 0 saturated carbocycles. The molecule has 7 heteroatoms. The molecule has 156 valence electrons. The monoisotopic (exact) mass is 440 g/mol. The molecule has 1 aromatic heterocycles. The number of aryl methyl sites for hydroxylation is 2. The van der Waals surface area contributed by atoms with Crippen molar-refractivity contribution in [2.24, 2.45) is 0 Å². The molecular weight excluding hydrogens is 416 g/mol. The fraction of sp³-hybridized carbons (Fsp3) is 0.304. The Labute approximate surface area is 181 Å². The van der Waals surface area contributed by atoms with Crippen LogP contribution in [0.3, 0.4) is 0 Å². The minimum atomic E-state index is -3.36. The van der Waals surface area contributed by atoms with Gasteiger partial charge in [-0.1, -0.05) is 30.3 Å². The zero-order valence-electron chi connectivity index (χ0n) is 16.6. The lowest BCUT2D eigenvalue weighted by Crippen LogP contribution is -2.14. The highest BCUT2D eigenvalue weighted by molar-refractivity contribution is 7.91. The lowest BCUT2D eigenvalue weighted by atomic mass is 9.90. The fourth-order valence-electron chi connectivity index (χ4n) is 3.71. The molecule has 0 aliphatic heterocycles. The van der Waals surface area contributed by atoms with Crippen molar-refractivity contribution in [1.29, 1.82) is 0 Å². The van der Waals surface area contributed by atoms with Gasteiger partial charge in [0.25, 0.3) is 0 Å². The number of carbonyl (C=O) groups is 1. The molecule has 5 nitrogen and oxygen atoms in total. The summed E-state index contributed by atoms with van der Waals surface area (Å²) in [6, 6.07) is 14.8. The van der Waals surface area contributed by atoms with E-state index >= 15 is 0 Å². The molecular formula is C23H24N2O3S2. The van der Waals surface area contributed by atoms with Crippen molar-refractivity contribution >= 4 is 32.2 Å². The minimum Gasteiger partial charge on any atom is -0.302 e. The van der Waals surface area contributed by atoms with Crippen LogP contribution in [-0.2, 0) is 27.5 Å². The van der Waals surface area contributed by atoms with E-state index in [1.54, 1.807) is 30.3 Å². The van der Waals surface area contributed by atoms with Crippen molar-refractivity contribution < 1.29 is 13.2 Å². The summed E-state index contributed by atoms with van der Waals surface area (Å²) in [7, 11) is -3.36. The summed E-state index contributed by atoms with van der Waals surface area (Å²) in [5.41, 5.74) is 4.76. The summed E-state index contributed by atoms with van der Waals surface area (Å²) in [5.74, 6) is -0.271. The Morgan fingerprint density at radius 2 is 1.80 bits per heavy atom. The highest BCUT2D eigenvalue weighted by Gasteiger charge is 2.16. The Hall–Kier alpha value is -2.51. The highest BCUT2D eigenvalue weighted by Crippen LogP contribution is 2.29. The van der Waals surface area contributed by atoms with E-state index in [0.717, 1.165) is 24.1 Å². The topological polar surface area (TPSA) is 76.1 Å². The van der Waals surface area contributed by atoms with Gasteiger partial charge < -0.3 is 5.32 Å². The number of carbonyl (C=O) groups excluding carboxylic acids is 1. The Balaban J connectivity index is 1.32. The molecule has 0 bridgehead atoms. The standard InChI is InChI=1S/C23H24N2O3S2/c26-22(11-6-14-30(27,28)20-9-2-1-3-10-20)25-23-24-21(16-29-23)19-13-12-17-7-4-5-8-18(17)15-19/h1-3,9-10,12-13,15-16H,4-8,11,14H2,(H,24,25,26). The third-order valence-electron chi connectivity index (χ3n) is 5.31. The van der Waals surface area contributed by atoms with Gasteiger partial charge in [-0.15, -0.1) is 11.3 Å². The average molecular weight is 441 g/mol. The first-order chi connectivity index (χ1) is 14.5. The van der Waals surface area contributed by atoms with Crippen LogP contribution in [0.25, 0.3) is 11.3 Å². The van der Waals surface area contributed by atoms with Gasteiger partial charge in [-0.05, 0) is 61.4 Å². The van der Waals surface area contributed by atoms with E-state index in [-0.39, 0.29) is 24.5 Å². The van der Waals surface area contributed by atoms with Crippen LogP contribution in [0.15, 0.2) is 58.8 Å². The maximum absolute atomic E-state index is 12.3. The van der Waals surface area contributed by atoms with Gasteiger partial charge >= 0.3 is 0 Å². The summed E-state index contributed by atoms with van der Waals surface area (Å²) in [6.45, 7) is 0. The number of benzene rings is 2. The number of thiazole rings is 1. The molecule has 3 aromatic rings. The third kappa shape index (κ3) is 4.96. The van der Waals surface area contributed by atoms with Crippen molar-refractivity contribution in [2.75, 3.05) is 11.1 Å². The van der Waals surface area contributed by atoms with Gasteiger partial charge in [-0.3, -0.25) is 4.79 Å². The second-order valence-corrected chi connectivity index (χ2v) is 10.5. The molecule has 0 radical (unpaired) electrons. The molecule has 1 heterocycles. The van der Waals surface area contributed by atoms with Gasteiger partial charge in [-0.2, -0.15) is 0 Å². The largest absolute Gasteiger partial charge is 0.302 e. The molecule has 1 N–H and O–H groups in total. The quantitative estimate of drug-likeness (QED) is 0.568. The zero-order chi connectivity index (χ0) is 21.0. The van der Waals surface area contributed by atoms with Crippen molar-refractivity contribution in [3.05, 3.63) is 65.0 Å². The Bertz CT molecular complexity index is 1140. The maximum atomic E-state index is 12.3. The lowest BCUT2D eigenvalue weighted by molar-refractivity contribution is -0.116. The van der Waals surface area contributed by atoms with Crippen LogP contribution in [0, 0.1) is 0 Å². The summed E-state index contributed by atoms with van der Waals surface area (Å²) < 4.78 is 24.6. The van der Waals surface area contributed by atoms with E-state index in [4.69, 9.17) is 0 Å². The lowest BCUT2D eigenvalue weighted by Gasteiger charge is -2.16. The smallest absolute Gasteiger partial charge is 0.226 e. The normalized spacial score (nSPS) is 13.6. The van der Waals surface area contributed by atoms with Crippen molar-refractivity contribution in [2.45, 2.75) is 43.4 Å². The van der Waals surface area contributed by atoms with Crippen molar-refractivity contribution in [3.63, 3.8) is 0 Å². The average Bonchev–Trinajstić information content (AvgIpc) is 3.22. The van der Waals surface area contributed by atoms with Gasteiger partial charge in [0.2, 0.25) is 5.91 Å². The van der Waals surface area contributed by atoms with Crippen LogP contribution in [0.4, 0.5) is 5.13 Å². The van der Waals surface area contributed by atoms with Crippen LogP contribution in [-0.4, -0.2) is 25.1 Å². The number of rotatable bonds is 7. The van der Waals surface area contributed by atoms with Gasteiger partial charge in [0, 0.05) is 17.4 Å². The van der Waals surface area contributed by atoms with Gasteiger partial charge in [-0.25, -0.2) is 13.4 Å². The van der Waals surface area contributed by atoms with Crippen LogP contribution in [0.1, 0.15) is 36.8 Å². The van der Waals surface area contributed by atoms with E-state index < -0.39 is 9.84 Å². The number of amides is 1. The third-order valence-corrected chi connectivity index (χ3v) is 7.89. The number of fused-ring (bicyclic) bond motifs is 1. The van der Waals surface area contributed by atoms with E-state index in [0.29, 0.717) is 10.0 Å². The molecule has 0 unspecified atom stereocenters. The van der Waals surface area contributed by atoms with Gasteiger partial charge in [0.05, 0.1) is 16.3 Å². The molecule has 1 aliphatic rings. The number of hydrogen-bond donors (Lipinski definition) is 1. The van der Waals surface area contributed by atoms with Gasteiger partial charge in [0.1, 0.15) is 0 Å². The molecule has 2 aromatic carbocycles.